The second-order valence-electron chi connectivity index (χ2n) is 10.8. The van der Waals surface area contributed by atoms with Crippen molar-refractivity contribution in [3.05, 3.63) is 59.2 Å². The summed E-state index contributed by atoms with van der Waals surface area (Å²) < 4.78 is 0. The lowest BCUT2D eigenvalue weighted by atomic mass is 9.54. The Morgan fingerprint density at radius 2 is 1.82 bits per heavy atom. The van der Waals surface area contributed by atoms with Crippen LogP contribution in [-0.2, 0) is 16.0 Å². The van der Waals surface area contributed by atoms with Gasteiger partial charge in [0, 0.05) is 24.3 Å². The zero-order valence-electron chi connectivity index (χ0n) is 20.2. The Labute approximate surface area is 197 Å². The molecule has 33 heavy (non-hydrogen) atoms. The van der Waals surface area contributed by atoms with Crippen molar-refractivity contribution in [2.75, 3.05) is 0 Å². The van der Waals surface area contributed by atoms with E-state index in [0.717, 1.165) is 23.1 Å². The number of allylic oxidation sites excluding steroid dienone is 1. The second-order valence-corrected chi connectivity index (χ2v) is 10.8. The van der Waals surface area contributed by atoms with Gasteiger partial charge in [0.15, 0.2) is 0 Å². The third kappa shape index (κ3) is 4.10. The molecule has 5 nitrogen and oxygen atoms in total. The van der Waals surface area contributed by atoms with Gasteiger partial charge in [0.2, 0.25) is 5.91 Å². The van der Waals surface area contributed by atoms with Crippen LogP contribution in [0.4, 0.5) is 0 Å². The van der Waals surface area contributed by atoms with Crippen molar-refractivity contribution < 1.29 is 19.8 Å². The minimum atomic E-state index is -1.36. The van der Waals surface area contributed by atoms with Gasteiger partial charge in [-0.25, -0.2) is 0 Å². The topological polar surface area (TPSA) is 86.6 Å². The van der Waals surface area contributed by atoms with Gasteiger partial charge < -0.3 is 15.5 Å². The first kappa shape index (κ1) is 23.9. The van der Waals surface area contributed by atoms with Crippen LogP contribution in [0.25, 0.3) is 0 Å². The molecule has 1 heterocycles. The summed E-state index contributed by atoms with van der Waals surface area (Å²) in [6, 6.07) is 9.77. The number of hydrogen-bond acceptors (Lipinski definition) is 4. The molecule has 1 amide bonds. The third-order valence-electron chi connectivity index (χ3n) is 8.30. The quantitative estimate of drug-likeness (QED) is 0.472. The van der Waals surface area contributed by atoms with Crippen molar-refractivity contribution in [2.45, 2.75) is 77.5 Å². The van der Waals surface area contributed by atoms with Crippen LogP contribution in [-0.4, -0.2) is 39.7 Å². The minimum absolute atomic E-state index is 0.116. The minimum Gasteiger partial charge on any atom is -0.390 e. The molecule has 0 saturated carbocycles. The maximum Gasteiger partial charge on any atom is 0.235 e. The van der Waals surface area contributed by atoms with Crippen LogP contribution >= 0.6 is 0 Å². The van der Waals surface area contributed by atoms with E-state index in [9.17, 15) is 19.8 Å². The molecule has 2 aliphatic carbocycles. The third-order valence-corrected chi connectivity index (χ3v) is 8.30. The van der Waals surface area contributed by atoms with Crippen LogP contribution in [0.2, 0.25) is 0 Å². The lowest BCUT2D eigenvalue weighted by Gasteiger charge is -2.46. The molecule has 3 N–H and O–H groups in total. The molecule has 0 unspecified atom stereocenters. The Morgan fingerprint density at radius 3 is 2.52 bits per heavy atom. The summed E-state index contributed by atoms with van der Waals surface area (Å²) in [7, 11) is 0. The Hall–Kier alpha value is -2.24. The fourth-order valence-corrected chi connectivity index (χ4v) is 6.59. The number of rotatable bonds is 2. The van der Waals surface area contributed by atoms with E-state index in [4.69, 9.17) is 0 Å². The van der Waals surface area contributed by atoms with Gasteiger partial charge in [-0.2, -0.15) is 0 Å². The SMILES string of the molecule is CC1=C(C)[C@H]2[C@H](Cc3ccccc3)NC(=O)[C@]23C(=O)CC[C@@](C)(O)C[C@@H](C)CC=C[C@H]3[C@@H]1O. The highest BCUT2D eigenvalue weighted by Gasteiger charge is 2.66. The van der Waals surface area contributed by atoms with Gasteiger partial charge in [0.1, 0.15) is 11.2 Å². The van der Waals surface area contributed by atoms with Gasteiger partial charge in [-0.05, 0) is 63.5 Å². The van der Waals surface area contributed by atoms with Crippen molar-refractivity contribution in [2.24, 2.45) is 23.2 Å². The number of carbonyl (C=O) groups is 2. The van der Waals surface area contributed by atoms with Gasteiger partial charge in [0.05, 0.1) is 11.7 Å². The highest BCUT2D eigenvalue weighted by atomic mass is 16.3. The summed E-state index contributed by atoms with van der Waals surface area (Å²) in [5.41, 5.74) is 0.547. The first-order valence-electron chi connectivity index (χ1n) is 12.2. The predicted octanol–water partition coefficient (Wildman–Crippen LogP) is 3.74. The van der Waals surface area contributed by atoms with Gasteiger partial charge in [-0.1, -0.05) is 55.0 Å². The second kappa shape index (κ2) is 8.84. The highest BCUT2D eigenvalue weighted by Crippen LogP contribution is 2.55. The Balaban J connectivity index is 1.84. The Bertz CT molecular complexity index is 979. The molecule has 0 aromatic heterocycles. The summed E-state index contributed by atoms with van der Waals surface area (Å²) in [4.78, 5) is 27.8. The fourth-order valence-electron chi connectivity index (χ4n) is 6.59. The average molecular weight is 452 g/mol. The largest absolute Gasteiger partial charge is 0.390 e. The Kier molecular flexibility index (Phi) is 6.41. The molecule has 1 saturated heterocycles. The van der Waals surface area contributed by atoms with E-state index in [-0.39, 0.29) is 36.0 Å². The van der Waals surface area contributed by atoms with Gasteiger partial charge >= 0.3 is 0 Å². The molecule has 0 bridgehead atoms. The fraction of sp³-hybridized carbons (Fsp3) is 0.571. The van der Waals surface area contributed by atoms with Gasteiger partial charge in [0.25, 0.3) is 0 Å². The van der Waals surface area contributed by atoms with Gasteiger partial charge in [-0.3, -0.25) is 9.59 Å². The lowest BCUT2D eigenvalue weighted by molar-refractivity contribution is -0.148. The number of nitrogens with one attached hydrogen (secondary N) is 1. The molecular weight excluding hydrogens is 414 g/mol. The van der Waals surface area contributed by atoms with E-state index in [1.807, 2.05) is 56.3 Å². The number of aliphatic hydroxyl groups excluding tert-OH is 1. The van der Waals surface area contributed by atoms with E-state index < -0.39 is 23.0 Å². The van der Waals surface area contributed by atoms with Crippen LogP contribution in [0.15, 0.2) is 53.6 Å². The first-order chi connectivity index (χ1) is 15.6. The van der Waals surface area contributed by atoms with Crippen molar-refractivity contribution in [1.82, 2.24) is 5.32 Å². The summed E-state index contributed by atoms with van der Waals surface area (Å²) in [6.45, 7) is 7.74. The lowest BCUT2D eigenvalue weighted by Crippen LogP contribution is -2.55. The number of aliphatic hydroxyl groups is 2. The molecule has 178 valence electrons. The maximum absolute atomic E-state index is 14.0. The van der Waals surface area contributed by atoms with Crippen LogP contribution < -0.4 is 5.32 Å². The van der Waals surface area contributed by atoms with E-state index >= 15 is 0 Å². The van der Waals surface area contributed by atoms with Crippen molar-refractivity contribution in [3.8, 4) is 0 Å². The molecule has 1 fully saturated rings. The van der Waals surface area contributed by atoms with E-state index in [1.54, 1.807) is 6.92 Å². The molecule has 4 rings (SSSR count). The van der Waals surface area contributed by atoms with Crippen molar-refractivity contribution in [1.29, 1.82) is 0 Å². The number of Topliss-reactive ketones (excluding diaryl/α,β-unsaturated/α-hetero) is 1. The standard InChI is InChI=1S/C28H37NO4/c1-17-9-8-12-21-25(31)19(3)18(2)24-22(15-20-10-6-5-7-11-20)29-26(32)28(21,24)23(30)13-14-27(4,33)16-17/h5-8,10-12,17,21-22,24-25,31,33H,9,13-16H2,1-4H3,(H,29,32)/t17-,21-,22-,24-,25+,27+,28+/m0/s1. The Morgan fingerprint density at radius 1 is 1.12 bits per heavy atom. The smallest absolute Gasteiger partial charge is 0.235 e. The number of amides is 1. The van der Waals surface area contributed by atoms with E-state index in [0.29, 0.717) is 19.3 Å². The van der Waals surface area contributed by atoms with Crippen molar-refractivity contribution >= 4 is 11.7 Å². The van der Waals surface area contributed by atoms with Crippen LogP contribution in [0.1, 0.15) is 58.9 Å². The van der Waals surface area contributed by atoms with E-state index in [2.05, 4.69) is 12.2 Å². The number of hydrogen-bond donors (Lipinski definition) is 3. The number of benzene rings is 1. The van der Waals surface area contributed by atoms with Gasteiger partial charge in [-0.15, -0.1) is 0 Å². The number of ketones is 1. The van der Waals surface area contributed by atoms with E-state index in [1.165, 1.54) is 0 Å². The molecule has 3 aliphatic rings. The van der Waals surface area contributed by atoms with Crippen molar-refractivity contribution in [3.63, 3.8) is 0 Å². The molecule has 5 heteroatoms. The average Bonchev–Trinajstić information content (AvgIpc) is 3.04. The summed E-state index contributed by atoms with van der Waals surface area (Å²) >= 11 is 0. The van der Waals surface area contributed by atoms with Crippen LogP contribution in [0.5, 0.6) is 0 Å². The molecule has 7 atom stereocenters. The first-order valence-corrected chi connectivity index (χ1v) is 12.2. The highest BCUT2D eigenvalue weighted by molar-refractivity contribution is 6.09. The van der Waals surface area contributed by atoms with Crippen LogP contribution in [0.3, 0.4) is 0 Å². The summed E-state index contributed by atoms with van der Waals surface area (Å²) in [5, 5.41) is 25.4. The summed E-state index contributed by atoms with van der Waals surface area (Å²) in [5.74, 6) is -1.17. The molecule has 1 aromatic carbocycles. The molecule has 1 spiro atoms. The molecule has 1 aromatic rings. The number of carbonyl (C=O) groups excluding carboxylic acids is 2. The summed E-state index contributed by atoms with van der Waals surface area (Å²) in [6.07, 6.45) is 5.39. The zero-order chi connectivity index (χ0) is 24.0. The molecule has 1 aliphatic heterocycles. The normalized spacial score (nSPS) is 39.5. The monoisotopic (exact) mass is 451 g/mol. The van der Waals surface area contributed by atoms with Crippen LogP contribution in [0, 0.1) is 23.2 Å². The predicted molar refractivity (Wildman–Crippen MR) is 128 cm³/mol. The maximum atomic E-state index is 14.0. The molecule has 0 radical (unpaired) electrons. The molecular formula is C28H37NO4. The zero-order valence-corrected chi connectivity index (χ0v) is 20.2.